The van der Waals surface area contributed by atoms with Crippen molar-refractivity contribution in [3.8, 4) is 46.0 Å². The van der Waals surface area contributed by atoms with Gasteiger partial charge >= 0.3 is 0 Å². The quantitative estimate of drug-likeness (QED) is 0.0886. The fourth-order valence-electron chi connectivity index (χ4n) is 7.36. The number of nitrogens with zero attached hydrogens (tertiary/aromatic N) is 1. The van der Waals surface area contributed by atoms with Gasteiger partial charge in [-0.3, -0.25) is 0 Å². The first-order valence-corrected chi connectivity index (χ1v) is 31.3. The van der Waals surface area contributed by atoms with Gasteiger partial charge in [-0.05, 0) is 245 Å². The summed E-state index contributed by atoms with van der Waals surface area (Å²) in [6.45, 7) is 42.7. The van der Waals surface area contributed by atoms with Gasteiger partial charge in [0.25, 0.3) is 0 Å². The van der Waals surface area contributed by atoms with E-state index in [-0.39, 0.29) is 60.5 Å². The van der Waals surface area contributed by atoms with Crippen molar-refractivity contribution in [2.24, 2.45) is 0 Å². The minimum absolute atomic E-state index is 0.0943. The highest BCUT2D eigenvalue weighted by Gasteiger charge is 2.04. The van der Waals surface area contributed by atoms with Crippen molar-refractivity contribution < 1.29 is 46.7 Å². The Morgan fingerprint density at radius 2 is 0.615 bits per heavy atom. The zero-order valence-corrected chi connectivity index (χ0v) is 57.5. The third-order valence-electron chi connectivity index (χ3n) is 10.9. The number of aryl methyl sites for hydroxylation is 2. The SMILES string of the molecule is CC(C)Oc1ccc(Cl)cc1.CC(C)Oc1ccc(F)cc1.CC(C)Oc1cccc(F)c1.CC(C)Oc1cccc2ccccc12.CC(C)Oc1ccccc1.Cc1ccc(OC(C)C)cc1.Cc1ccc(OC(C)C)cc1.[C-]#[N+]c1ccc(OC(C)C)cc1. The number of para-hydroxylation sites is 1. The van der Waals surface area contributed by atoms with Gasteiger partial charge in [0.2, 0.25) is 0 Å². The summed E-state index contributed by atoms with van der Waals surface area (Å²) >= 11 is 5.69. The summed E-state index contributed by atoms with van der Waals surface area (Å²) in [6, 6.07) is 67.1. The topological polar surface area (TPSA) is 78.2 Å². The molecule has 0 saturated carbocycles. The summed E-state index contributed by atoms with van der Waals surface area (Å²) in [7, 11) is 0. The lowest BCUT2D eigenvalue weighted by Crippen LogP contribution is -2.05. The number of hydrogen-bond acceptors (Lipinski definition) is 8. The Morgan fingerprint density at radius 1 is 0.308 bits per heavy atom. The van der Waals surface area contributed by atoms with Crippen LogP contribution >= 0.6 is 11.6 Å². The van der Waals surface area contributed by atoms with E-state index in [9.17, 15) is 8.78 Å². The molecular formula is C79H98ClF2NO8. The van der Waals surface area contributed by atoms with Gasteiger partial charge < -0.3 is 37.9 Å². The van der Waals surface area contributed by atoms with E-state index < -0.39 is 0 Å². The van der Waals surface area contributed by atoms with Crippen molar-refractivity contribution in [2.45, 2.75) is 173 Å². The first kappa shape index (κ1) is 78.4. The van der Waals surface area contributed by atoms with Gasteiger partial charge in [0.1, 0.15) is 57.6 Å². The molecule has 91 heavy (non-hydrogen) atoms. The van der Waals surface area contributed by atoms with Gasteiger partial charge in [-0.1, -0.05) is 120 Å². The zero-order chi connectivity index (χ0) is 67.7. The van der Waals surface area contributed by atoms with E-state index in [0.29, 0.717) is 17.2 Å². The highest BCUT2D eigenvalue weighted by Crippen LogP contribution is 2.26. The Hall–Kier alpha value is -8.72. The second-order valence-electron chi connectivity index (χ2n) is 22.7. The molecule has 0 atom stereocenters. The summed E-state index contributed by atoms with van der Waals surface area (Å²) in [5, 5.41) is 3.15. The first-order valence-electron chi connectivity index (χ1n) is 30.9. The molecule has 0 aliphatic heterocycles. The first-order chi connectivity index (χ1) is 43.2. The van der Waals surface area contributed by atoms with Crippen LogP contribution in [-0.4, -0.2) is 48.8 Å². The maximum atomic E-state index is 12.5. The molecule has 0 saturated heterocycles. The van der Waals surface area contributed by atoms with Crippen LogP contribution in [0.5, 0.6) is 46.0 Å². The lowest BCUT2D eigenvalue weighted by molar-refractivity contribution is 0.241. The van der Waals surface area contributed by atoms with E-state index in [2.05, 4.69) is 61.2 Å². The minimum atomic E-state index is -0.261. The molecule has 0 aromatic heterocycles. The molecule has 0 fully saturated rings. The number of hydrogen-bond donors (Lipinski definition) is 0. The van der Waals surface area contributed by atoms with Crippen LogP contribution in [0, 0.1) is 32.1 Å². The van der Waals surface area contributed by atoms with Gasteiger partial charge in [0.05, 0.1) is 55.4 Å². The van der Waals surface area contributed by atoms with E-state index in [1.54, 1.807) is 36.4 Å². The summed E-state index contributed by atoms with van der Waals surface area (Å²) in [5.74, 6) is 6.29. The molecule has 0 aliphatic carbocycles. The van der Waals surface area contributed by atoms with Gasteiger partial charge in [-0.25, -0.2) is 13.6 Å². The molecule has 0 amide bonds. The number of benzene rings is 9. The molecule has 9 aromatic rings. The molecule has 9 aromatic carbocycles. The Labute approximate surface area is 549 Å². The van der Waals surface area contributed by atoms with Gasteiger partial charge in [-0.15, -0.1) is 0 Å². The van der Waals surface area contributed by atoms with E-state index in [0.717, 1.165) is 39.5 Å². The van der Waals surface area contributed by atoms with Crippen LogP contribution < -0.4 is 37.9 Å². The van der Waals surface area contributed by atoms with Crippen molar-refractivity contribution in [3.63, 3.8) is 0 Å². The minimum Gasteiger partial charge on any atom is -0.491 e. The highest BCUT2D eigenvalue weighted by molar-refractivity contribution is 6.30. The molecular weight excluding hydrogens is 1160 g/mol. The average Bonchev–Trinajstić information content (AvgIpc) is 1.67. The van der Waals surface area contributed by atoms with Crippen LogP contribution in [0.3, 0.4) is 0 Å². The second kappa shape index (κ2) is 44.7. The lowest BCUT2D eigenvalue weighted by Gasteiger charge is -2.11. The van der Waals surface area contributed by atoms with Crippen LogP contribution in [0.2, 0.25) is 5.02 Å². The molecule has 488 valence electrons. The predicted molar refractivity (Wildman–Crippen MR) is 376 cm³/mol. The Morgan fingerprint density at radius 3 is 1.00 bits per heavy atom. The normalized spacial score (nSPS) is 10.2. The molecule has 0 spiro atoms. The summed E-state index contributed by atoms with van der Waals surface area (Å²) in [4.78, 5) is 3.29. The van der Waals surface area contributed by atoms with Crippen molar-refractivity contribution in [1.82, 2.24) is 0 Å². The van der Waals surface area contributed by atoms with Crippen molar-refractivity contribution >= 4 is 28.1 Å². The van der Waals surface area contributed by atoms with E-state index in [1.807, 2.05) is 226 Å². The van der Waals surface area contributed by atoms with Crippen LogP contribution in [0.25, 0.3) is 15.6 Å². The van der Waals surface area contributed by atoms with Crippen molar-refractivity contribution in [2.75, 3.05) is 0 Å². The highest BCUT2D eigenvalue weighted by atomic mass is 35.5. The molecule has 0 N–H and O–H groups in total. The third-order valence-corrected chi connectivity index (χ3v) is 11.1. The maximum absolute atomic E-state index is 12.5. The number of fused-ring (bicyclic) bond motifs is 1. The van der Waals surface area contributed by atoms with Crippen molar-refractivity contribution in [3.05, 3.63) is 258 Å². The molecule has 0 aliphatic rings. The fourth-order valence-corrected chi connectivity index (χ4v) is 7.48. The van der Waals surface area contributed by atoms with Crippen molar-refractivity contribution in [1.29, 1.82) is 0 Å². The monoisotopic (exact) mass is 1260 g/mol. The predicted octanol–water partition coefficient (Wildman–Crippen LogP) is 23.0. The van der Waals surface area contributed by atoms with Gasteiger partial charge in [0, 0.05) is 16.5 Å². The molecule has 0 heterocycles. The summed E-state index contributed by atoms with van der Waals surface area (Å²) in [6.07, 6.45) is 1.65. The molecule has 9 nitrogen and oxygen atoms in total. The Balaban J connectivity index is 0.000000355. The summed E-state index contributed by atoms with van der Waals surface area (Å²) in [5.41, 5.74) is 3.17. The largest absolute Gasteiger partial charge is 0.491 e. The van der Waals surface area contributed by atoms with E-state index in [4.69, 9.17) is 56.1 Å². The van der Waals surface area contributed by atoms with Crippen LogP contribution in [0.4, 0.5) is 14.5 Å². The number of halogens is 3. The Kier molecular flexibility index (Phi) is 38.5. The van der Waals surface area contributed by atoms with Crippen LogP contribution in [-0.2, 0) is 0 Å². The molecule has 9 rings (SSSR count). The molecule has 12 heteroatoms. The third kappa shape index (κ3) is 39.1. The zero-order valence-electron chi connectivity index (χ0n) is 56.8. The Bertz CT molecular complexity index is 3120. The summed E-state index contributed by atoms with van der Waals surface area (Å²) < 4.78 is 68.4. The maximum Gasteiger partial charge on any atom is 0.187 e. The van der Waals surface area contributed by atoms with Crippen LogP contribution in [0.1, 0.15) is 122 Å². The molecule has 0 unspecified atom stereocenters. The van der Waals surface area contributed by atoms with E-state index in [1.165, 1.54) is 46.2 Å². The molecule has 0 bridgehead atoms. The standard InChI is InChI=1S/C13H14O.C10H11NO.2C10H14O.C9H11ClO.2C9H11FO.C9H12O/c1-10(2)14-13-9-5-7-11-6-3-4-8-12(11)13;1-8(2)12-10-6-4-9(11-3)5-7-10;2*1-8(2)11-10-6-4-9(3)5-7-10;2*1-7(2)11-9-5-3-8(10)4-6-9;1-7(2)11-9-5-3-4-8(10)6-9;1-8(2)10-9-6-4-3-5-7-9/h3-10H,1-2H3;4-8H,1-2H3;2*4-8H,1-3H3;3*3-7H,1-2H3;3-8H,1-2H3. The number of rotatable bonds is 16. The smallest absolute Gasteiger partial charge is 0.187 e. The lowest BCUT2D eigenvalue weighted by atomic mass is 10.1. The van der Waals surface area contributed by atoms with Gasteiger partial charge in [0.15, 0.2) is 5.69 Å². The fraction of sp³-hybridized carbons (Fsp3) is 0.329. The van der Waals surface area contributed by atoms with Gasteiger partial charge in [-0.2, -0.15) is 0 Å². The van der Waals surface area contributed by atoms with E-state index >= 15 is 0 Å². The second-order valence-corrected chi connectivity index (χ2v) is 23.2. The average molecular weight is 1260 g/mol. The number of ether oxygens (including phenoxy) is 8. The van der Waals surface area contributed by atoms with Crippen LogP contribution in [0.15, 0.2) is 218 Å². The molecule has 0 radical (unpaired) electrons.